The van der Waals surface area contributed by atoms with Gasteiger partial charge in [0.1, 0.15) is 13.2 Å². The van der Waals surface area contributed by atoms with E-state index in [1.165, 1.54) is 7.11 Å². The fraction of sp³-hybridized carbons (Fsp3) is 0.533. The van der Waals surface area contributed by atoms with Crippen LogP contribution in [0, 0.1) is 0 Å². The van der Waals surface area contributed by atoms with Crippen LogP contribution in [0.3, 0.4) is 0 Å². The number of nitrogens with zero attached hydrogens (tertiary/aromatic N) is 3. The maximum Gasteiger partial charge on any atom is 0.326 e. The molecule has 0 aliphatic carbocycles. The minimum Gasteiger partial charge on any atom is -0.463 e. The molecule has 0 unspecified atom stereocenters. The van der Waals surface area contributed by atoms with Crippen molar-refractivity contribution in [3.8, 4) is 18.0 Å². The summed E-state index contributed by atoms with van der Waals surface area (Å²) >= 11 is 0. The molecule has 2 N–H and O–H groups in total. The third-order valence-corrected chi connectivity index (χ3v) is 6.54. The Morgan fingerprint density at radius 2 is 1.40 bits per heavy atom. The van der Waals surface area contributed by atoms with E-state index in [1.54, 1.807) is 12.2 Å². The van der Waals surface area contributed by atoms with E-state index in [9.17, 15) is 10.2 Å². The minimum absolute atomic E-state index is 0.0609. The molecule has 1 aromatic rings. The lowest BCUT2D eigenvalue weighted by Crippen LogP contribution is -2.46. The lowest BCUT2D eigenvalue weighted by Gasteiger charge is -2.24. The fourth-order valence-corrected chi connectivity index (χ4v) is 3.45. The molecule has 140 valence electrons. The molecular formula is C15H25N3O6Si. The summed E-state index contributed by atoms with van der Waals surface area (Å²) in [4.78, 5) is 12.1. The van der Waals surface area contributed by atoms with Crippen molar-refractivity contribution in [2.45, 2.75) is 12.5 Å². The van der Waals surface area contributed by atoms with Gasteiger partial charge in [-0.2, -0.15) is 0 Å². The quantitative estimate of drug-likeness (QED) is 0.273. The molecule has 0 saturated heterocycles. The van der Waals surface area contributed by atoms with Crippen molar-refractivity contribution in [3.05, 3.63) is 25.3 Å². The van der Waals surface area contributed by atoms with Gasteiger partial charge in [-0.05, 0) is 12.5 Å². The molecule has 0 saturated carbocycles. The number of hydrogen-bond acceptors (Lipinski definition) is 9. The first-order valence-corrected chi connectivity index (χ1v) is 10.3. The second kappa shape index (κ2) is 11.5. The molecular weight excluding hydrogens is 346 g/mol. The Balaban J connectivity index is 2.66. The molecule has 0 aromatic carbocycles. The number of aromatic nitrogens is 3. The fourth-order valence-electron chi connectivity index (χ4n) is 1.78. The van der Waals surface area contributed by atoms with Crippen LogP contribution >= 0.6 is 0 Å². The smallest absolute Gasteiger partial charge is 0.326 e. The highest BCUT2D eigenvalue weighted by Crippen LogP contribution is 2.16. The Morgan fingerprint density at radius 3 is 1.80 bits per heavy atom. The van der Waals surface area contributed by atoms with Gasteiger partial charge in [-0.1, -0.05) is 25.3 Å². The van der Waals surface area contributed by atoms with E-state index in [-0.39, 0.29) is 50.3 Å². The van der Waals surface area contributed by atoms with E-state index in [0.29, 0.717) is 12.5 Å². The monoisotopic (exact) mass is 371 g/mol. The number of hydrogen-bond donors (Lipinski definition) is 2. The molecule has 9 nitrogen and oxygen atoms in total. The van der Waals surface area contributed by atoms with Gasteiger partial charge >= 0.3 is 18.0 Å². The van der Waals surface area contributed by atoms with Gasteiger partial charge in [-0.15, -0.1) is 15.0 Å². The third kappa shape index (κ3) is 7.18. The van der Waals surface area contributed by atoms with Gasteiger partial charge in [0, 0.05) is 7.11 Å². The van der Waals surface area contributed by atoms with Gasteiger partial charge in [-0.3, -0.25) is 0 Å². The summed E-state index contributed by atoms with van der Waals surface area (Å²) in [5, 5.41) is 18.8. The largest absolute Gasteiger partial charge is 0.463 e. The van der Waals surface area contributed by atoms with Crippen LogP contribution in [0.15, 0.2) is 25.3 Å². The molecule has 1 aromatic heterocycles. The van der Waals surface area contributed by atoms with Gasteiger partial charge in [0.25, 0.3) is 0 Å². The zero-order valence-electron chi connectivity index (χ0n) is 14.4. The molecule has 1 rings (SSSR count). The molecule has 0 amide bonds. The highest BCUT2D eigenvalue weighted by Gasteiger charge is 2.32. The Labute approximate surface area is 148 Å². The van der Waals surface area contributed by atoms with E-state index < -0.39 is 8.32 Å². The number of rotatable bonds is 14. The summed E-state index contributed by atoms with van der Waals surface area (Å²) in [6, 6.07) is 0.734. The highest BCUT2D eigenvalue weighted by atomic mass is 28.4. The number of ether oxygens (including phenoxy) is 3. The van der Waals surface area contributed by atoms with Gasteiger partial charge in [0.15, 0.2) is 0 Å². The SMILES string of the molecule is C=CCOc1nc(OCC=C)nc(OCCC[Si](CO)(CO)OC)n1. The molecule has 0 atom stereocenters. The first kappa shape index (κ1) is 21.0. The van der Waals surface area contributed by atoms with Crippen molar-refractivity contribution < 1.29 is 28.8 Å². The number of aliphatic hydroxyl groups is 2. The van der Waals surface area contributed by atoms with E-state index in [2.05, 4.69) is 28.1 Å². The van der Waals surface area contributed by atoms with Crippen LogP contribution in [0.25, 0.3) is 0 Å². The molecule has 25 heavy (non-hydrogen) atoms. The zero-order valence-corrected chi connectivity index (χ0v) is 15.4. The lowest BCUT2D eigenvalue weighted by molar-refractivity contribution is 0.239. The van der Waals surface area contributed by atoms with Crippen LogP contribution in [-0.2, 0) is 4.43 Å². The minimum atomic E-state index is -2.51. The average Bonchev–Trinajstić information content (AvgIpc) is 2.65. The van der Waals surface area contributed by atoms with Crippen LogP contribution in [-0.4, -0.2) is 72.9 Å². The van der Waals surface area contributed by atoms with E-state index >= 15 is 0 Å². The van der Waals surface area contributed by atoms with Crippen LogP contribution in [0.4, 0.5) is 0 Å². The van der Waals surface area contributed by atoms with Gasteiger partial charge in [-0.25, -0.2) is 0 Å². The van der Waals surface area contributed by atoms with Crippen molar-refractivity contribution >= 4 is 8.32 Å². The van der Waals surface area contributed by atoms with E-state index in [4.69, 9.17) is 18.6 Å². The van der Waals surface area contributed by atoms with Crippen molar-refractivity contribution in [2.75, 3.05) is 39.4 Å². The third-order valence-electron chi connectivity index (χ3n) is 3.25. The molecule has 0 spiro atoms. The standard InChI is InChI=1S/C15H25N3O6Si/c1-4-7-22-13-16-14(23-8-5-2)18-15(17-13)24-9-6-10-25(11-19,12-20)21-3/h4-5,19-20H,1-2,6-12H2,3H3. The van der Waals surface area contributed by atoms with Crippen molar-refractivity contribution in [3.63, 3.8) is 0 Å². The number of aliphatic hydroxyl groups excluding tert-OH is 2. The maximum absolute atomic E-state index is 9.38. The lowest BCUT2D eigenvalue weighted by atomic mass is 10.5. The topological polar surface area (TPSA) is 116 Å². The van der Waals surface area contributed by atoms with Crippen molar-refractivity contribution in [1.29, 1.82) is 0 Å². The Kier molecular flexibility index (Phi) is 9.70. The van der Waals surface area contributed by atoms with Crippen molar-refractivity contribution in [2.24, 2.45) is 0 Å². The van der Waals surface area contributed by atoms with Crippen LogP contribution in [0.1, 0.15) is 6.42 Å². The summed E-state index contributed by atoms with van der Waals surface area (Å²) in [6.45, 7) is 7.87. The van der Waals surface area contributed by atoms with Crippen molar-refractivity contribution in [1.82, 2.24) is 15.0 Å². The van der Waals surface area contributed by atoms with Gasteiger partial charge in [0.05, 0.1) is 19.1 Å². The highest BCUT2D eigenvalue weighted by molar-refractivity contribution is 6.73. The molecule has 0 aliphatic rings. The maximum atomic E-state index is 9.38. The molecule has 0 radical (unpaired) electrons. The van der Waals surface area contributed by atoms with Crippen LogP contribution < -0.4 is 14.2 Å². The molecule has 10 heteroatoms. The van der Waals surface area contributed by atoms with E-state index in [0.717, 1.165) is 0 Å². The predicted octanol–water partition coefficient (Wildman–Crippen LogP) is 0.425. The first-order valence-electron chi connectivity index (χ1n) is 7.76. The first-order chi connectivity index (χ1) is 12.1. The predicted molar refractivity (Wildman–Crippen MR) is 93.1 cm³/mol. The summed E-state index contributed by atoms with van der Waals surface area (Å²) in [5.74, 6) is 0. The van der Waals surface area contributed by atoms with Crippen LogP contribution in [0.5, 0.6) is 18.0 Å². The molecule has 0 bridgehead atoms. The van der Waals surface area contributed by atoms with Crippen LogP contribution in [0.2, 0.25) is 6.04 Å². The second-order valence-corrected chi connectivity index (χ2v) is 8.94. The molecule has 0 fully saturated rings. The summed E-state index contributed by atoms with van der Waals surface area (Å²) in [7, 11) is -1.01. The Bertz CT molecular complexity index is 503. The average molecular weight is 371 g/mol. The zero-order chi connectivity index (χ0) is 18.5. The summed E-state index contributed by atoms with van der Waals surface area (Å²) in [5.41, 5.74) is 0. The summed E-state index contributed by atoms with van der Waals surface area (Å²) < 4.78 is 21.4. The van der Waals surface area contributed by atoms with E-state index in [1.807, 2.05) is 0 Å². The Morgan fingerprint density at radius 1 is 0.920 bits per heavy atom. The molecule has 1 heterocycles. The second-order valence-electron chi connectivity index (χ2n) is 5.04. The normalized spacial score (nSPS) is 11.0. The van der Waals surface area contributed by atoms with Gasteiger partial charge < -0.3 is 28.8 Å². The van der Waals surface area contributed by atoms with Gasteiger partial charge in [0.2, 0.25) is 8.32 Å². The molecule has 0 aliphatic heterocycles. The summed E-state index contributed by atoms with van der Waals surface area (Å²) in [6.07, 6.45) is 3.40. The Hall–Kier alpha value is -2.01.